The summed E-state index contributed by atoms with van der Waals surface area (Å²) in [5.41, 5.74) is 1.03. The first-order valence-electron chi connectivity index (χ1n) is 9.75. The molecule has 0 unspecified atom stereocenters. The van der Waals surface area contributed by atoms with Gasteiger partial charge in [-0.3, -0.25) is 9.59 Å². The summed E-state index contributed by atoms with van der Waals surface area (Å²) in [7, 11) is 0. The van der Waals surface area contributed by atoms with Crippen molar-refractivity contribution >= 4 is 28.8 Å². The molecular weight excluding hydrogens is 439 g/mol. The number of hydrogen-bond acceptors (Lipinski definition) is 4. The Morgan fingerprint density at radius 2 is 1.59 bits per heavy atom. The highest BCUT2D eigenvalue weighted by atomic mass is 32.1. The normalized spacial score (nSPS) is 11.8. The quantitative estimate of drug-likeness (QED) is 0.524. The summed E-state index contributed by atoms with van der Waals surface area (Å²) in [6.45, 7) is 5.67. The van der Waals surface area contributed by atoms with E-state index < -0.39 is 11.7 Å². The number of nitrogens with zero attached hydrogens (tertiary/aromatic N) is 1. The van der Waals surface area contributed by atoms with Gasteiger partial charge in [-0.2, -0.15) is 13.2 Å². The number of carbonyl (C=O) groups excluding carboxylic acids is 2. The zero-order valence-electron chi connectivity index (χ0n) is 17.7. The van der Waals surface area contributed by atoms with Crippen molar-refractivity contribution in [2.45, 2.75) is 38.9 Å². The van der Waals surface area contributed by atoms with E-state index in [4.69, 9.17) is 0 Å². The lowest BCUT2D eigenvalue weighted by Crippen LogP contribution is -2.40. The lowest BCUT2D eigenvalue weighted by molar-refractivity contribution is -0.137. The Morgan fingerprint density at radius 1 is 0.969 bits per heavy atom. The number of halogens is 3. The van der Waals surface area contributed by atoms with Crippen molar-refractivity contribution in [3.63, 3.8) is 0 Å². The molecule has 0 aliphatic carbocycles. The van der Waals surface area contributed by atoms with E-state index in [-0.39, 0.29) is 23.8 Å². The Kier molecular flexibility index (Phi) is 6.68. The van der Waals surface area contributed by atoms with Gasteiger partial charge in [0.25, 0.3) is 5.91 Å². The molecule has 0 aliphatic heterocycles. The second-order valence-corrected chi connectivity index (χ2v) is 9.08. The number of anilines is 1. The number of carbonyl (C=O) groups is 2. The molecule has 0 saturated heterocycles. The number of hydrogen-bond donors (Lipinski definition) is 2. The second kappa shape index (κ2) is 9.12. The van der Waals surface area contributed by atoms with Crippen LogP contribution in [-0.4, -0.2) is 22.3 Å². The van der Waals surface area contributed by atoms with Gasteiger partial charge in [0.2, 0.25) is 5.91 Å². The molecule has 2 amide bonds. The van der Waals surface area contributed by atoms with Crippen LogP contribution in [0.2, 0.25) is 0 Å². The Hall–Kier alpha value is -3.20. The molecule has 2 aromatic carbocycles. The monoisotopic (exact) mass is 461 g/mol. The molecule has 0 spiro atoms. The van der Waals surface area contributed by atoms with Gasteiger partial charge in [0.1, 0.15) is 5.01 Å². The maximum Gasteiger partial charge on any atom is 0.416 e. The summed E-state index contributed by atoms with van der Waals surface area (Å²) >= 11 is 1.26. The first-order valence-corrected chi connectivity index (χ1v) is 10.6. The average molecular weight is 462 g/mol. The fourth-order valence-electron chi connectivity index (χ4n) is 2.81. The SMILES string of the molecule is CC(C)(C)NC(=O)c1ccc(NC(=O)Cc2csc(-c3ccc(C(F)(F)F)cc3)n2)cc1. The number of nitrogens with one attached hydrogen (secondary N) is 2. The fourth-order valence-corrected chi connectivity index (χ4v) is 3.64. The molecule has 0 fully saturated rings. The van der Waals surface area contributed by atoms with Gasteiger partial charge in [-0.05, 0) is 57.2 Å². The summed E-state index contributed by atoms with van der Waals surface area (Å²) in [5, 5.41) is 7.85. The lowest BCUT2D eigenvalue weighted by atomic mass is 10.1. The van der Waals surface area contributed by atoms with E-state index in [0.29, 0.717) is 27.5 Å². The Balaban J connectivity index is 1.59. The number of alkyl halides is 3. The number of aromatic nitrogens is 1. The van der Waals surface area contributed by atoms with E-state index in [1.165, 1.54) is 23.5 Å². The van der Waals surface area contributed by atoms with Gasteiger partial charge in [-0.25, -0.2) is 4.98 Å². The van der Waals surface area contributed by atoms with Gasteiger partial charge in [0.05, 0.1) is 17.7 Å². The third kappa shape index (κ3) is 6.40. The van der Waals surface area contributed by atoms with E-state index in [2.05, 4.69) is 15.6 Å². The van der Waals surface area contributed by atoms with E-state index in [0.717, 1.165) is 12.1 Å². The molecule has 168 valence electrons. The maximum absolute atomic E-state index is 12.7. The van der Waals surface area contributed by atoms with E-state index in [1.54, 1.807) is 29.6 Å². The van der Waals surface area contributed by atoms with E-state index in [9.17, 15) is 22.8 Å². The van der Waals surface area contributed by atoms with Gasteiger partial charge in [-0.1, -0.05) is 12.1 Å². The predicted octanol–water partition coefficient (Wildman–Crippen LogP) is 5.54. The molecule has 32 heavy (non-hydrogen) atoms. The lowest BCUT2D eigenvalue weighted by Gasteiger charge is -2.20. The van der Waals surface area contributed by atoms with Crippen LogP contribution >= 0.6 is 11.3 Å². The molecule has 9 heteroatoms. The van der Waals surface area contributed by atoms with Crippen molar-refractivity contribution in [3.05, 3.63) is 70.7 Å². The van der Waals surface area contributed by atoms with Gasteiger partial charge in [-0.15, -0.1) is 11.3 Å². The van der Waals surface area contributed by atoms with Crippen LogP contribution in [0.1, 0.15) is 42.4 Å². The van der Waals surface area contributed by atoms with Gasteiger partial charge >= 0.3 is 6.18 Å². The zero-order valence-corrected chi connectivity index (χ0v) is 18.5. The molecule has 3 rings (SSSR count). The molecule has 0 aliphatic rings. The number of benzene rings is 2. The summed E-state index contributed by atoms with van der Waals surface area (Å²) in [6.07, 6.45) is -4.37. The van der Waals surface area contributed by atoms with Crippen LogP contribution in [0.15, 0.2) is 53.9 Å². The van der Waals surface area contributed by atoms with Crippen molar-refractivity contribution in [2.75, 3.05) is 5.32 Å². The van der Waals surface area contributed by atoms with Crippen LogP contribution in [0, 0.1) is 0 Å². The summed E-state index contributed by atoms with van der Waals surface area (Å²) in [4.78, 5) is 28.8. The first-order chi connectivity index (χ1) is 14.9. The van der Waals surface area contributed by atoms with Crippen LogP contribution in [-0.2, 0) is 17.4 Å². The largest absolute Gasteiger partial charge is 0.416 e. The smallest absolute Gasteiger partial charge is 0.347 e. The maximum atomic E-state index is 12.7. The highest BCUT2D eigenvalue weighted by Crippen LogP contribution is 2.31. The summed E-state index contributed by atoms with van der Waals surface area (Å²) < 4.78 is 38.1. The van der Waals surface area contributed by atoms with Gasteiger partial charge < -0.3 is 10.6 Å². The fraction of sp³-hybridized carbons (Fsp3) is 0.261. The van der Waals surface area contributed by atoms with Crippen molar-refractivity contribution in [3.8, 4) is 10.6 Å². The minimum absolute atomic E-state index is 0.0173. The van der Waals surface area contributed by atoms with Gasteiger partial charge in [0.15, 0.2) is 0 Å². The van der Waals surface area contributed by atoms with Crippen LogP contribution in [0.3, 0.4) is 0 Å². The third-order valence-corrected chi connectivity index (χ3v) is 5.21. The third-order valence-electron chi connectivity index (χ3n) is 4.27. The molecule has 0 radical (unpaired) electrons. The molecule has 0 saturated carbocycles. The Morgan fingerprint density at radius 3 is 2.16 bits per heavy atom. The Bertz CT molecular complexity index is 1100. The van der Waals surface area contributed by atoms with Crippen molar-refractivity contribution in [1.82, 2.24) is 10.3 Å². The van der Waals surface area contributed by atoms with Crippen molar-refractivity contribution in [2.24, 2.45) is 0 Å². The zero-order chi connectivity index (χ0) is 23.5. The number of thiazole rings is 1. The number of rotatable bonds is 5. The molecule has 0 bridgehead atoms. The molecule has 2 N–H and O–H groups in total. The summed E-state index contributed by atoms with van der Waals surface area (Å²) in [5.74, 6) is -0.491. The standard InChI is InChI=1S/C23H22F3N3O2S/c1-22(2,3)29-20(31)14-6-10-17(11-7-14)27-19(30)12-18-13-32-21(28-18)15-4-8-16(9-5-15)23(24,25)26/h4-11,13H,12H2,1-3H3,(H,27,30)(H,29,31). The predicted molar refractivity (Wildman–Crippen MR) is 119 cm³/mol. The minimum atomic E-state index is -4.39. The molecule has 0 atom stereocenters. The van der Waals surface area contributed by atoms with Crippen LogP contribution in [0.4, 0.5) is 18.9 Å². The summed E-state index contributed by atoms with van der Waals surface area (Å²) in [6, 6.07) is 11.3. The topological polar surface area (TPSA) is 71.1 Å². The Labute approximate surface area is 187 Å². The van der Waals surface area contributed by atoms with Crippen molar-refractivity contribution < 1.29 is 22.8 Å². The van der Waals surface area contributed by atoms with Crippen molar-refractivity contribution in [1.29, 1.82) is 0 Å². The first kappa shape index (κ1) is 23.5. The van der Waals surface area contributed by atoms with Crippen LogP contribution < -0.4 is 10.6 Å². The molecule has 3 aromatic rings. The van der Waals surface area contributed by atoms with Crippen LogP contribution in [0.25, 0.3) is 10.6 Å². The molecular formula is C23H22F3N3O2S. The highest BCUT2D eigenvalue weighted by Gasteiger charge is 2.30. The average Bonchev–Trinajstić information content (AvgIpc) is 3.15. The van der Waals surface area contributed by atoms with Crippen LogP contribution in [0.5, 0.6) is 0 Å². The molecule has 1 aromatic heterocycles. The van der Waals surface area contributed by atoms with E-state index >= 15 is 0 Å². The number of amides is 2. The van der Waals surface area contributed by atoms with Gasteiger partial charge in [0, 0.05) is 27.7 Å². The minimum Gasteiger partial charge on any atom is -0.347 e. The second-order valence-electron chi connectivity index (χ2n) is 8.23. The molecule has 1 heterocycles. The van der Waals surface area contributed by atoms with E-state index in [1.807, 2.05) is 20.8 Å². The molecule has 5 nitrogen and oxygen atoms in total. The highest BCUT2D eigenvalue weighted by molar-refractivity contribution is 7.13.